The van der Waals surface area contributed by atoms with Crippen molar-refractivity contribution in [2.45, 2.75) is 12.3 Å². The van der Waals surface area contributed by atoms with Gasteiger partial charge in [0.15, 0.2) is 0 Å². The zero-order chi connectivity index (χ0) is 11.3. The molecule has 76 valence electrons. The fourth-order valence-electron chi connectivity index (χ4n) is 1.05. The molecule has 15 heavy (non-hydrogen) atoms. The van der Waals surface area contributed by atoms with Crippen molar-refractivity contribution in [1.29, 1.82) is 10.5 Å². The highest BCUT2D eigenvalue weighted by Crippen LogP contribution is 2.22. The van der Waals surface area contributed by atoms with Crippen LogP contribution < -0.4 is 0 Å². The number of carbonyl (C=O) groups excluding carboxylic acids is 1. The summed E-state index contributed by atoms with van der Waals surface area (Å²) in [5, 5.41) is 17.8. The summed E-state index contributed by atoms with van der Waals surface area (Å²) < 4.78 is 4.68. The number of esters is 1. The molecule has 1 aromatic heterocycles. The van der Waals surface area contributed by atoms with Crippen LogP contribution in [0.1, 0.15) is 12.6 Å². The molecule has 1 rings (SSSR count). The minimum atomic E-state index is -1.95. The van der Waals surface area contributed by atoms with E-state index in [-0.39, 0.29) is 12.3 Å². The van der Waals surface area contributed by atoms with Gasteiger partial charge in [-0.3, -0.25) is 0 Å². The molecular formula is C9H8N4O2. The average Bonchev–Trinajstić information content (AvgIpc) is 2.75. The van der Waals surface area contributed by atoms with Crippen LogP contribution in [0.3, 0.4) is 0 Å². The molecule has 0 saturated heterocycles. The maximum Gasteiger partial charge on any atom is 0.347 e. The molecule has 0 saturated carbocycles. The summed E-state index contributed by atoms with van der Waals surface area (Å²) in [5.41, 5.74) is -1.84. The van der Waals surface area contributed by atoms with Gasteiger partial charge in [-0.15, -0.1) is 0 Å². The molecule has 6 nitrogen and oxygen atoms in total. The highest BCUT2D eigenvalue weighted by Gasteiger charge is 2.44. The van der Waals surface area contributed by atoms with E-state index >= 15 is 0 Å². The largest absolute Gasteiger partial charge is 0.464 e. The molecular weight excluding hydrogens is 196 g/mol. The maximum absolute atomic E-state index is 11.5. The third-order valence-electron chi connectivity index (χ3n) is 1.82. The number of hydrogen-bond donors (Lipinski definition) is 1. The smallest absolute Gasteiger partial charge is 0.347 e. The molecule has 0 aliphatic rings. The van der Waals surface area contributed by atoms with E-state index < -0.39 is 11.4 Å². The fraction of sp³-hybridized carbons (Fsp3) is 0.333. The first-order valence-electron chi connectivity index (χ1n) is 4.19. The molecule has 6 heteroatoms. The Labute approximate surface area is 86.1 Å². The number of carbonyl (C=O) groups is 1. The lowest BCUT2D eigenvalue weighted by molar-refractivity contribution is -0.146. The third-order valence-corrected chi connectivity index (χ3v) is 1.82. The SMILES string of the molecule is CCOC(=O)C(C#N)(C#N)c1cnc[nH]1. The van der Waals surface area contributed by atoms with E-state index in [1.165, 1.54) is 12.5 Å². The Morgan fingerprint density at radius 1 is 1.67 bits per heavy atom. The van der Waals surface area contributed by atoms with Crippen molar-refractivity contribution in [3.63, 3.8) is 0 Å². The number of ether oxygens (including phenoxy) is 1. The standard InChI is InChI=1S/C9H8N4O2/c1-2-15-8(14)9(4-10,5-11)7-3-12-6-13-7/h3,6H,2H2,1H3,(H,12,13). The predicted octanol–water partition coefficient (Wildman–Crippen LogP) is 0.258. The van der Waals surface area contributed by atoms with E-state index in [4.69, 9.17) is 10.5 Å². The van der Waals surface area contributed by atoms with E-state index in [0.29, 0.717) is 0 Å². The van der Waals surface area contributed by atoms with Crippen LogP contribution in [0.2, 0.25) is 0 Å². The first-order valence-corrected chi connectivity index (χ1v) is 4.19. The lowest BCUT2D eigenvalue weighted by Crippen LogP contribution is -2.35. The van der Waals surface area contributed by atoms with Crippen LogP contribution in [0.25, 0.3) is 0 Å². The molecule has 0 atom stereocenters. The molecule has 0 aliphatic carbocycles. The molecule has 1 N–H and O–H groups in total. The summed E-state index contributed by atoms with van der Waals surface area (Å²) in [5.74, 6) is -0.890. The number of rotatable bonds is 3. The first-order chi connectivity index (χ1) is 7.21. The Balaban J connectivity index is 3.18. The number of aromatic amines is 1. The van der Waals surface area contributed by atoms with Crippen molar-refractivity contribution in [1.82, 2.24) is 9.97 Å². The van der Waals surface area contributed by atoms with Crippen LogP contribution >= 0.6 is 0 Å². The second-order valence-electron chi connectivity index (χ2n) is 2.66. The number of H-pyrrole nitrogens is 1. The van der Waals surface area contributed by atoms with Gasteiger partial charge < -0.3 is 9.72 Å². The molecule has 0 amide bonds. The highest BCUT2D eigenvalue weighted by molar-refractivity contribution is 5.89. The second kappa shape index (κ2) is 4.25. The summed E-state index contributed by atoms with van der Waals surface area (Å²) in [6.07, 6.45) is 2.54. The van der Waals surface area contributed by atoms with E-state index in [1.54, 1.807) is 19.1 Å². The van der Waals surface area contributed by atoms with Gasteiger partial charge in [0.2, 0.25) is 0 Å². The minimum Gasteiger partial charge on any atom is -0.464 e. The number of nitrogens with one attached hydrogen (secondary N) is 1. The van der Waals surface area contributed by atoms with E-state index in [9.17, 15) is 4.79 Å². The highest BCUT2D eigenvalue weighted by atomic mass is 16.5. The van der Waals surface area contributed by atoms with E-state index in [0.717, 1.165) is 0 Å². The van der Waals surface area contributed by atoms with Crippen LogP contribution in [0.5, 0.6) is 0 Å². The van der Waals surface area contributed by atoms with Crippen molar-refractivity contribution in [2.75, 3.05) is 6.61 Å². The lowest BCUT2D eigenvalue weighted by atomic mass is 9.88. The zero-order valence-electron chi connectivity index (χ0n) is 8.02. The van der Waals surface area contributed by atoms with Crippen LogP contribution in [-0.4, -0.2) is 22.5 Å². The Bertz CT molecular complexity index is 410. The van der Waals surface area contributed by atoms with Crippen molar-refractivity contribution < 1.29 is 9.53 Å². The summed E-state index contributed by atoms with van der Waals surface area (Å²) in [4.78, 5) is 17.7. The predicted molar refractivity (Wildman–Crippen MR) is 48.1 cm³/mol. The van der Waals surface area contributed by atoms with Crippen LogP contribution in [0.4, 0.5) is 0 Å². The molecule has 0 aromatic carbocycles. The summed E-state index contributed by atoms with van der Waals surface area (Å²) >= 11 is 0. The molecule has 0 bridgehead atoms. The van der Waals surface area contributed by atoms with Gasteiger partial charge in [-0.25, -0.2) is 9.78 Å². The number of hydrogen-bond acceptors (Lipinski definition) is 5. The Hall–Kier alpha value is -2.34. The third kappa shape index (κ3) is 1.65. The summed E-state index contributed by atoms with van der Waals surface area (Å²) in [6, 6.07) is 3.29. The quantitative estimate of drug-likeness (QED) is 0.711. The van der Waals surface area contributed by atoms with Crippen molar-refractivity contribution in [3.05, 3.63) is 18.2 Å². The van der Waals surface area contributed by atoms with Crippen LogP contribution in [0.15, 0.2) is 12.5 Å². The van der Waals surface area contributed by atoms with Gasteiger partial charge in [-0.2, -0.15) is 10.5 Å². The normalized spacial score (nSPS) is 10.1. The zero-order valence-corrected chi connectivity index (χ0v) is 8.02. The molecule has 1 aromatic rings. The Morgan fingerprint density at radius 2 is 2.33 bits per heavy atom. The van der Waals surface area contributed by atoms with Gasteiger partial charge in [0.1, 0.15) is 12.1 Å². The monoisotopic (exact) mass is 204 g/mol. The minimum absolute atomic E-state index is 0.109. The topological polar surface area (TPSA) is 103 Å². The van der Waals surface area contributed by atoms with E-state index in [1.807, 2.05) is 0 Å². The molecule has 1 heterocycles. The average molecular weight is 204 g/mol. The molecule has 0 fully saturated rings. The second-order valence-corrected chi connectivity index (χ2v) is 2.66. The van der Waals surface area contributed by atoms with Crippen LogP contribution in [0, 0.1) is 22.7 Å². The first kappa shape index (κ1) is 10.7. The molecule has 0 unspecified atom stereocenters. The number of nitrogens with zero attached hydrogens (tertiary/aromatic N) is 3. The fourth-order valence-corrected chi connectivity index (χ4v) is 1.05. The number of nitriles is 2. The van der Waals surface area contributed by atoms with Gasteiger partial charge in [0.05, 0.1) is 24.8 Å². The van der Waals surface area contributed by atoms with E-state index in [2.05, 4.69) is 14.7 Å². The van der Waals surface area contributed by atoms with Gasteiger partial charge in [0, 0.05) is 0 Å². The number of imidazole rings is 1. The van der Waals surface area contributed by atoms with Crippen molar-refractivity contribution >= 4 is 5.97 Å². The molecule has 0 radical (unpaired) electrons. The summed E-state index contributed by atoms with van der Waals surface area (Å²) in [6.45, 7) is 1.71. The molecule has 0 spiro atoms. The Kier molecular flexibility index (Phi) is 3.04. The number of aromatic nitrogens is 2. The van der Waals surface area contributed by atoms with Gasteiger partial charge >= 0.3 is 5.97 Å². The molecule has 0 aliphatic heterocycles. The summed E-state index contributed by atoms with van der Waals surface area (Å²) in [7, 11) is 0. The van der Waals surface area contributed by atoms with Gasteiger partial charge in [-0.05, 0) is 6.92 Å². The van der Waals surface area contributed by atoms with Gasteiger partial charge in [-0.1, -0.05) is 0 Å². The lowest BCUT2D eigenvalue weighted by Gasteiger charge is -2.14. The van der Waals surface area contributed by atoms with Crippen molar-refractivity contribution in [3.8, 4) is 12.1 Å². The Morgan fingerprint density at radius 3 is 2.73 bits per heavy atom. The van der Waals surface area contributed by atoms with Crippen molar-refractivity contribution in [2.24, 2.45) is 0 Å². The maximum atomic E-state index is 11.5. The van der Waals surface area contributed by atoms with Crippen LogP contribution in [-0.2, 0) is 14.9 Å². The van der Waals surface area contributed by atoms with Gasteiger partial charge in [0.25, 0.3) is 5.41 Å².